The molecule has 10 N–H and O–H groups in total. The van der Waals surface area contributed by atoms with Gasteiger partial charge < -0.3 is 55.1 Å². The first-order valence-corrected chi connectivity index (χ1v) is 10.6. The van der Waals surface area contributed by atoms with Crippen molar-refractivity contribution < 1.29 is 64.2 Å². The maximum Gasteiger partial charge on any atom is 0.470 e. The zero-order chi connectivity index (χ0) is 25.5. The van der Waals surface area contributed by atoms with Crippen LogP contribution < -0.4 is 11.2 Å². The molecule has 33 heavy (non-hydrogen) atoms. The molecular formula is C15H25N2O15P. The molecule has 1 fully saturated rings. The quantitative estimate of drug-likeness (QED) is 0.111. The van der Waals surface area contributed by atoms with Crippen molar-refractivity contribution in [1.82, 2.24) is 9.55 Å². The van der Waals surface area contributed by atoms with Crippen molar-refractivity contribution in [3.8, 4) is 0 Å². The summed E-state index contributed by atoms with van der Waals surface area (Å²) in [5.74, 6) is 0. The molecule has 1 aromatic rings. The number of carbonyl (C=O) groups is 1. The summed E-state index contributed by atoms with van der Waals surface area (Å²) in [4.78, 5) is 51.4. The average molecular weight is 504 g/mol. The Kier molecular flexibility index (Phi) is 11.1. The van der Waals surface area contributed by atoms with Gasteiger partial charge in [0.1, 0.15) is 36.6 Å². The molecule has 18 heteroatoms. The molecule has 2 rings (SSSR count). The van der Waals surface area contributed by atoms with Crippen LogP contribution in [0.25, 0.3) is 0 Å². The summed E-state index contributed by atoms with van der Waals surface area (Å²) in [5.41, 5.74) is -1.33. The molecule has 0 aromatic carbocycles. The number of ether oxygens (including phenoxy) is 1. The van der Waals surface area contributed by atoms with Crippen LogP contribution in [0.1, 0.15) is 6.23 Å². The Morgan fingerprint density at radius 3 is 2.18 bits per heavy atom. The summed E-state index contributed by atoms with van der Waals surface area (Å²) in [6.07, 6.45) is -11.6. The number of aldehydes is 1. The minimum absolute atomic E-state index is 0.142. The molecule has 0 unspecified atom stereocenters. The van der Waals surface area contributed by atoms with E-state index < -0.39 is 81.2 Å². The summed E-state index contributed by atoms with van der Waals surface area (Å²) >= 11 is 0. The van der Waals surface area contributed by atoms with Gasteiger partial charge in [0.2, 0.25) is 0 Å². The first-order chi connectivity index (χ1) is 15.3. The predicted octanol–water partition coefficient (Wildman–Crippen LogP) is -6.11. The summed E-state index contributed by atoms with van der Waals surface area (Å²) in [5, 5.41) is 63.8. The van der Waals surface area contributed by atoms with Crippen LogP contribution >= 0.6 is 7.82 Å². The monoisotopic (exact) mass is 504 g/mol. The van der Waals surface area contributed by atoms with Crippen molar-refractivity contribution in [2.75, 3.05) is 13.2 Å². The number of hydrogen-bond donors (Lipinski definition) is 10. The Morgan fingerprint density at radius 2 is 1.76 bits per heavy atom. The zero-order valence-electron chi connectivity index (χ0n) is 16.6. The van der Waals surface area contributed by atoms with Crippen molar-refractivity contribution in [3.63, 3.8) is 0 Å². The maximum absolute atomic E-state index is 11.4. The van der Waals surface area contributed by atoms with Gasteiger partial charge in [0.05, 0.1) is 13.2 Å². The lowest BCUT2D eigenvalue weighted by Gasteiger charge is -2.25. The van der Waals surface area contributed by atoms with Crippen molar-refractivity contribution in [2.45, 2.75) is 49.0 Å². The van der Waals surface area contributed by atoms with E-state index in [9.17, 15) is 34.3 Å². The van der Waals surface area contributed by atoms with E-state index in [0.717, 1.165) is 16.8 Å². The SMILES string of the molecule is O=C[C@H](OP(=O)(O)O)[C@@H](O)[C@@H](O)[C@H](O)CO.O=c1ccn([C@@H]2O[C@H](CO)[C@@H](O)[C@H]2O)c(=O)[nH]1. The lowest BCUT2D eigenvalue weighted by atomic mass is 10.0. The minimum Gasteiger partial charge on any atom is -0.394 e. The van der Waals surface area contributed by atoms with E-state index in [1.54, 1.807) is 0 Å². The molecule has 1 saturated heterocycles. The number of aliphatic hydroxyl groups excluding tert-OH is 7. The summed E-state index contributed by atoms with van der Waals surface area (Å²) in [6.45, 7) is -1.38. The van der Waals surface area contributed by atoms with Gasteiger partial charge in [-0.05, 0) is 0 Å². The molecule has 1 aliphatic heterocycles. The van der Waals surface area contributed by atoms with Crippen molar-refractivity contribution >= 4 is 14.1 Å². The van der Waals surface area contributed by atoms with Gasteiger partial charge in [-0.2, -0.15) is 0 Å². The first kappa shape index (κ1) is 29.2. The van der Waals surface area contributed by atoms with E-state index in [1.807, 2.05) is 4.98 Å². The first-order valence-electron chi connectivity index (χ1n) is 9.05. The normalized spacial score (nSPS) is 26.6. The number of aromatic amines is 1. The smallest absolute Gasteiger partial charge is 0.394 e. The molecule has 190 valence electrons. The van der Waals surface area contributed by atoms with E-state index in [-0.39, 0.29) is 6.29 Å². The number of hydrogen-bond acceptors (Lipinski definition) is 13. The number of carbonyl (C=O) groups excluding carboxylic acids is 1. The van der Waals surface area contributed by atoms with E-state index in [2.05, 4.69) is 4.52 Å². The number of aromatic nitrogens is 2. The molecule has 0 aliphatic carbocycles. The second-order valence-corrected chi connectivity index (χ2v) is 7.87. The van der Waals surface area contributed by atoms with Gasteiger partial charge in [-0.25, -0.2) is 9.36 Å². The third kappa shape index (κ3) is 8.14. The second-order valence-electron chi connectivity index (χ2n) is 6.67. The molecule has 1 aromatic heterocycles. The summed E-state index contributed by atoms with van der Waals surface area (Å²) in [6, 6.07) is 1.09. The van der Waals surface area contributed by atoms with Gasteiger partial charge in [-0.1, -0.05) is 0 Å². The molecule has 0 amide bonds. The van der Waals surface area contributed by atoms with Crippen molar-refractivity contribution in [2.24, 2.45) is 0 Å². The fourth-order valence-electron chi connectivity index (χ4n) is 2.59. The Hall–Kier alpha value is -1.86. The van der Waals surface area contributed by atoms with Gasteiger partial charge in [0.15, 0.2) is 18.6 Å². The third-order valence-electron chi connectivity index (χ3n) is 4.30. The Morgan fingerprint density at radius 1 is 1.15 bits per heavy atom. The van der Waals surface area contributed by atoms with Gasteiger partial charge in [0.25, 0.3) is 5.56 Å². The second kappa shape index (κ2) is 12.6. The highest BCUT2D eigenvalue weighted by molar-refractivity contribution is 7.46. The van der Waals surface area contributed by atoms with Gasteiger partial charge in [-0.3, -0.25) is 18.9 Å². The number of phosphoric acid groups is 1. The highest BCUT2D eigenvalue weighted by Gasteiger charge is 2.43. The van der Waals surface area contributed by atoms with Crippen LogP contribution in [0.5, 0.6) is 0 Å². The van der Waals surface area contributed by atoms with Crippen LogP contribution in [0.15, 0.2) is 21.9 Å². The van der Waals surface area contributed by atoms with Gasteiger partial charge in [-0.15, -0.1) is 0 Å². The fraction of sp³-hybridized carbons (Fsp3) is 0.667. The molecule has 17 nitrogen and oxygen atoms in total. The lowest BCUT2D eigenvalue weighted by Crippen LogP contribution is -2.47. The number of H-pyrrole nitrogens is 1. The summed E-state index contributed by atoms with van der Waals surface area (Å²) < 4.78 is 20.3. The van der Waals surface area contributed by atoms with Gasteiger partial charge in [0, 0.05) is 12.3 Å². The molecule has 0 radical (unpaired) electrons. The van der Waals surface area contributed by atoms with E-state index in [0.29, 0.717) is 0 Å². The standard InChI is InChI=1S/C9H12N2O6.C6H13O9P/c12-3-4-6(14)7(15)8(17-4)11-2-1-5(13)10-9(11)16;7-1-3(9)5(10)6(11)4(2-8)15-16(12,13)14/h1-2,4,6-8,12,14-15H,3H2,(H,10,13,16);2-7,9-11H,1H2,(H2,12,13,14)/t4-,6-,7-,8-;3-,4+,5+,6-/m11/s1. The van der Waals surface area contributed by atoms with E-state index >= 15 is 0 Å². The van der Waals surface area contributed by atoms with Crippen LogP contribution in [0, 0.1) is 0 Å². The van der Waals surface area contributed by atoms with E-state index in [1.165, 1.54) is 0 Å². The minimum atomic E-state index is -5.02. The Labute approximate surface area is 184 Å². The highest BCUT2D eigenvalue weighted by atomic mass is 31.2. The molecule has 8 atom stereocenters. The Bertz CT molecular complexity index is 915. The third-order valence-corrected chi connectivity index (χ3v) is 4.82. The fourth-order valence-corrected chi connectivity index (χ4v) is 3.09. The van der Waals surface area contributed by atoms with Crippen molar-refractivity contribution in [1.29, 1.82) is 0 Å². The van der Waals surface area contributed by atoms with Gasteiger partial charge >= 0.3 is 13.5 Å². The number of nitrogens with one attached hydrogen (secondary N) is 1. The zero-order valence-corrected chi connectivity index (χ0v) is 17.5. The number of rotatable bonds is 9. The average Bonchev–Trinajstić information content (AvgIpc) is 3.04. The predicted molar refractivity (Wildman–Crippen MR) is 102 cm³/mol. The lowest BCUT2D eigenvalue weighted by molar-refractivity contribution is -0.135. The number of aliphatic hydroxyl groups is 7. The number of phosphoric ester groups is 1. The van der Waals surface area contributed by atoms with Crippen LogP contribution in [0.3, 0.4) is 0 Å². The molecule has 1 aliphatic rings. The topological polar surface area (TPSA) is 290 Å². The molecule has 0 saturated carbocycles. The van der Waals surface area contributed by atoms with Crippen LogP contribution in [-0.4, -0.2) is 117 Å². The Balaban J connectivity index is 0.000000331. The van der Waals surface area contributed by atoms with E-state index in [4.69, 9.17) is 34.9 Å². The van der Waals surface area contributed by atoms with Crippen molar-refractivity contribution in [3.05, 3.63) is 33.1 Å². The molecule has 0 spiro atoms. The largest absolute Gasteiger partial charge is 0.470 e. The maximum atomic E-state index is 11.4. The number of nitrogens with zero attached hydrogens (tertiary/aromatic N) is 1. The molecule has 0 bridgehead atoms. The van der Waals surface area contributed by atoms with Crippen LogP contribution in [0.4, 0.5) is 0 Å². The highest BCUT2D eigenvalue weighted by Crippen LogP contribution is 2.38. The van der Waals surface area contributed by atoms with Crippen LogP contribution in [-0.2, 0) is 18.6 Å². The molecular weight excluding hydrogens is 479 g/mol. The van der Waals surface area contributed by atoms with Crippen LogP contribution in [0.2, 0.25) is 0 Å². The molecule has 2 heterocycles. The summed E-state index contributed by atoms with van der Waals surface area (Å²) in [7, 11) is -5.02.